The number of nitrogens with zero attached hydrogens (tertiary/aromatic N) is 3. The van der Waals surface area contributed by atoms with E-state index in [2.05, 4.69) is 12.0 Å². The van der Waals surface area contributed by atoms with Gasteiger partial charge in [0.15, 0.2) is 0 Å². The topological polar surface area (TPSA) is 64.2 Å². The van der Waals surface area contributed by atoms with Crippen LogP contribution >= 0.6 is 12.4 Å². The number of halogens is 1. The van der Waals surface area contributed by atoms with Gasteiger partial charge < -0.3 is 10.6 Å². The van der Waals surface area contributed by atoms with Crippen LogP contribution in [-0.4, -0.2) is 39.7 Å². The lowest BCUT2D eigenvalue weighted by atomic mass is 9.90. The average molecular weight is 287 g/mol. The molecule has 2 N–H and O–H groups in total. The van der Waals surface area contributed by atoms with Gasteiger partial charge in [-0.3, -0.25) is 9.48 Å². The van der Waals surface area contributed by atoms with Crippen LogP contribution in [0.5, 0.6) is 0 Å². The average Bonchev–Trinajstić information content (AvgIpc) is 2.69. The number of amides is 1. The standard InChI is InChI=1S/C13H22N4O.ClH/c1-9-5-4-6-17(12(9)7-14)13(18)11-8-15-16(3)10(11)2;/h8-9,12H,4-7,14H2,1-3H3;1H. The number of aryl methyl sites for hydroxylation is 1. The Bertz CT molecular complexity index is 446. The number of aromatic nitrogens is 2. The highest BCUT2D eigenvalue weighted by Crippen LogP contribution is 2.24. The Morgan fingerprint density at radius 1 is 1.58 bits per heavy atom. The number of rotatable bonds is 2. The fourth-order valence-corrected chi connectivity index (χ4v) is 2.72. The fraction of sp³-hybridized carbons (Fsp3) is 0.692. The van der Waals surface area contributed by atoms with Gasteiger partial charge in [-0.1, -0.05) is 6.92 Å². The Balaban J connectivity index is 0.00000180. The second kappa shape index (κ2) is 6.39. The molecule has 1 aromatic heterocycles. The first-order valence-electron chi connectivity index (χ1n) is 6.56. The Labute approximate surface area is 120 Å². The molecule has 0 bridgehead atoms. The van der Waals surface area contributed by atoms with Gasteiger partial charge in [0.05, 0.1) is 11.8 Å². The molecular formula is C13H23ClN4O. The summed E-state index contributed by atoms with van der Waals surface area (Å²) in [5, 5.41) is 4.14. The molecule has 2 heterocycles. The highest BCUT2D eigenvalue weighted by molar-refractivity contribution is 5.95. The molecule has 1 aliphatic rings. The first kappa shape index (κ1) is 16.0. The van der Waals surface area contributed by atoms with Gasteiger partial charge in [-0.25, -0.2) is 0 Å². The predicted molar refractivity (Wildman–Crippen MR) is 77.5 cm³/mol. The molecule has 1 saturated heterocycles. The van der Waals surface area contributed by atoms with Crippen molar-refractivity contribution in [3.05, 3.63) is 17.5 Å². The summed E-state index contributed by atoms with van der Waals surface area (Å²) >= 11 is 0. The number of carbonyl (C=O) groups is 1. The Morgan fingerprint density at radius 3 is 2.79 bits per heavy atom. The van der Waals surface area contributed by atoms with Crippen LogP contribution in [0.25, 0.3) is 0 Å². The maximum Gasteiger partial charge on any atom is 0.257 e. The Hall–Kier alpha value is -1.07. The summed E-state index contributed by atoms with van der Waals surface area (Å²) in [5.74, 6) is 0.548. The summed E-state index contributed by atoms with van der Waals surface area (Å²) in [7, 11) is 1.85. The molecule has 1 aromatic rings. The quantitative estimate of drug-likeness (QED) is 0.892. The lowest BCUT2D eigenvalue weighted by molar-refractivity contribution is 0.0531. The minimum atomic E-state index is 0. The van der Waals surface area contributed by atoms with E-state index in [-0.39, 0.29) is 24.4 Å². The van der Waals surface area contributed by atoms with Crippen LogP contribution < -0.4 is 5.73 Å². The number of hydrogen-bond acceptors (Lipinski definition) is 3. The molecule has 2 unspecified atom stereocenters. The van der Waals surface area contributed by atoms with Crippen molar-refractivity contribution in [2.24, 2.45) is 18.7 Å². The van der Waals surface area contributed by atoms with Crippen LogP contribution in [0, 0.1) is 12.8 Å². The molecule has 0 aromatic carbocycles. The van der Waals surface area contributed by atoms with E-state index in [4.69, 9.17) is 5.73 Å². The third-order valence-corrected chi connectivity index (χ3v) is 4.08. The van der Waals surface area contributed by atoms with E-state index >= 15 is 0 Å². The molecule has 19 heavy (non-hydrogen) atoms. The molecule has 0 spiro atoms. The van der Waals surface area contributed by atoms with Gasteiger partial charge in [0.1, 0.15) is 0 Å². The zero-order valence-corrected chi connectivity index (χ0v) is 12.6. The number of hydrogen-bond donors (Lipinski definition) is 1. The molecule has 6 heteroatoms. The Morgan fingerprint density at radius 2 is 2.26 bits per heavy atom. The van der Waals surface area contributed by atoms with Gasteiger partial charge in [0.25, 0.3) is 5.91 Å². The second-order valence-corrected chi connectivity index (χ2v) is 5.19. The van der Waals surface area contributed by atoms with Crippen molar-refractivity contribution in [1.82, 2.24) is 14.7 Å². The van der Waals surface area contributed by atoms with E-state index < -0.39 is 0 Å². The second-order valence-electron chi connectivity index (χ2n) is 5.19. The summed E-state index contributed by atoms with van der Waals surface area (Å²) in [6.07, 6.45) is 3.87. The third kappa shape index (κ3) is 2.92. The minimum Gasteiger partial charge on any atom is -0.334 e. The molecule has 0 saturated carbocycles. The summed E-state index contributed by atoms with van der Waals surface area (Å²) < 4.78 is 1.73. The number of piperidine rings is 1. The molecule has 2 atom stereocenters. The van der Waals surface area contributed by atoms with Gasteiger partial charge in [0, 0.05) is 31.9 Å². The van der Waals surface area contributed by atoms with Crippen molar-refractivity contribution in [2.75, 3.05) is 13.1 Å². The van der Waals surface area contributed by atoms with Gasteiger partial charge in [-0.15, -0.1) is 12.4 Å². The predicted octanol–water partition coefficient (Wildman–Crippen LogP) is 1.35. The summed E-state index contributed by atoms with van der Waals surface area (Å²) in [6.45, 7) is 5.43. The van der Waals surface area contributed by atoms with Gasteiger partial charge in [0.2, 0.25) is 0 Å². The summed E-state index contributed by atoms with van der Waals surface area (Å²) in [6, 6.07) is 0.158. The van der Waals surface area contributed by atoms with Gasteiger partial charge in [-0.05, 0) is 25.7 Å². The normalized spacial score (nSPS) is 23.1. The lowest BCUT2D eigenvalue weighted by Crippen LogP contribution is -2.51. The molecule has 0 aliphatic carbocycles. The van der Waals surface area contributed by atoms with E-state index in [0.29, 0.717) is 18.0 Å². The van der Waals surface area contributed by atoms with Crippen LogP contribution in [-0.2, 0) is 7.05 Å². The molecule has 0 radical (unpaired) electrons. The summed E-state index contributed by atoms with van der Waals surface area (Å²) in [5.41, 5.74) is 7.44. The van der Waals surface area contributed by atoms with Crippen molar-refractivity contribution in [3.63, 3.8) is 0 Å². The van der Waals surface area contributed by atoms with E-state index in [1.807, 2.05) is 18.9 Å². The number of likely N-dealkylation sites (tertiary alicyclic amines) is 1. The van der Waals surface area contributed by atoms with Gasteiger partial charge in [-0.2, -0.15) is 5.10 Å². The van der Waals surface area contributed by atoms with Crippen molar-refractivity contribution in [1.29, 1.82) is 0 Å². The maximum absolute atomic E-state index is 12.6. The van der Waals surface area contributed by atoms with Crippen LogP contribution in [0.1, 0.15) is 35.8 Å². The first-order chi connectivity index (χ1) is 8.56. The highest BCUT2D eigenvalue weighted by atomic mass is 35.5. The van der Waals surface area contributed by atoms with E-state index in [9.17, 15) is 4.79 Å². The molecule has 1 fully saturated rings. The van der Waals surface area contributed by atoms with Crippen LogP contribution in [0.2, 0.25) is 0 Å². The maximum atomic E-state index is 12.6. The van der Waals surface area contributed by atoms with Crippen LogP contribution in [0.3, 0.4) is 0 Å². The van der Waals surface area contributed by atoms with Gasteiger partial charge >= 0.3 is 0 Å². The van der Waals surface area contributed by atoms with Crippen molar-refractivity contribution < 1.29 is 4.79 Å². The molecular weight excluding hydrogens is 264 g/mol. The molecule has 108 valence electrons. The number of nitrogens with two attached hydrogens (primary N) is 1. The molecule has 1 amide bonds. The lowest BCUT2D eigenvalue weighted by Gasteiger charge is -2.39. The van der Waals surface area contributed by atoms with Crippen molar-refractivity contribution >= 4 is 18.3 Å². The van der Waals surface area contributed by atoms with Crippen LogP contribution in [0.4, 0.5) is 0 Å². The van der Waals surface area contributed by atoms with E-state index in [1.165, 1.54) is 0 Å². The largest absolute Gasteiger partial charge is 0.334 e. The monoisotopic (exact) mass is 286 g/mol. The van der Waals surface area contributed by atoms with E-state index in [1.54, 1.807) is 10.9 Å². The third-order valence-electron chi connectivity index (χ3n) is 4.08. The SMILES string of the molecule is Cc1c(C(=O)N2CCCC(C)C2CN)cnn1C.Cl. The zero-order chi connectivity index (χ0) is 13.3. The Kier molecular flexibility index (Phi) is 5.38. The van der Waals surface area contributed by atoms with Crippen molar-refractivity contribution in [2.45, 2.75) is 32.7 Å². The zero-order valence-electron chi connectivity index (χ0n) is 11.8. The van der Waals surface area contributed by atoms with E-state index in [0.717, 1.165) is 25.1 Å². The molecule has 5 nitrogen and oxygen atoms in total. The summed E-state index contributed by atoms with van der Waals surface area (Å²) in [4.78, 5) is 14.5. The number of carbonyl (C=O) groups excluding carboxylic acids is 1. The minimum absolute atomic E-state index is 0. The van der Waals surface area contributed by atoms with Crippen LogP contribution in [0.15, 0.2) is 6.20 Å². The highest BCUT2D eigenvalue weighted by Gasteiger charge is 2.32. The van der Waals surface area contributed by atoms with Crippen molar-refractivity contribution in [3.8, 4) is 0 Å². The smallest absolute Gasteiger partial charge is 0.257 e. The molecule has 1 aliphatic heterocycles. The first-order valence-corrected chi connectivity index (χ1v) is 6.56. The fourth-order valence-electron chi connectivity index (χ4n) is 2.72. The molecule has 2 rings (SSSR count).